The van der Waals surface area contributed by atoms with Crippen LogP contribution in [-0.4, -0.2) is 37.5 Å². The number of nitrogens with zero attached hydrogens (tertiary/aromatic N) is 4. The predicted octanol–water partition coefficient (Wildman–Crippen LogP) is 2.83. The van der Waals surface area contributed by atoms with E-state index in [9.17, 15) is 17.5 Å². The molecule has 30 heavy (non-hydrogen) atoms. The Morgan fingerprint density at radius 2 is 1.17 bits per heavy atom. The molecule has 0 amide bonds. The molecule has 0 N–H and O–H groups in total. The summed E-state index contributed by atoms with van der Waals surface area (Å²) in [6.45, 7) is 6.27. The maximum absolute atomic E-state index is 11.7. The quantitative estimate of drug-likeness (QED) is 0.530. The molecule has 0 aliphatic carbocycles. The highest BCUT2D eigenvalue weighted by Crippen LogP contribution is 2.34. The Labute approximate surface area is 179 Å². The molecule has 2 atom stereocenters. The van der Waals surface area contributed by atoms with Gasteiger partial charge in [0.15, 0.2) is 5.82 Å². The van der Waals surface area contributed by atoms with E-state index < -0.39 is 31.7 Å². The van der Waals surface area contributed by atoms with Crippen LogP contribution in [0.4, 0.5) is 0 Å². The van der Waals surface area contributed by atoms with Crippen molar-refractivity contribution in [3.05, 3.63) is 60.4 Å². The van der Waals surface area contributed by atoms with Crippen LogP contribution in [0, 0.1) is 0 Å². The van der Waals surface area contributed by atoms with Gasteiger partial charge in [0.25, 0.3) is 0 Å². The highest BCUT2D eigenvalue weighted by Gasteiger charge is 2.29. The zero-order valence-electron chi connectivity index (χ0n) is 16.9. The van der Waals surface area contributed by atoms with Gasteiger partial charge in [0, 0.05) is 41.5 Å². The Balaban J connectivity index is 2.08. The molecule has 3 rings (SSSR count). The molecular weight excluding hydrogens is 424 g/mol. The highest BCUT2D eigenvalue weighted by atomic mass is 32.2. The third kappa shape index (κ3) is 4.08. The molecule has 0 saturated carbocycles. The Bertz CT molecular complexity index is 1030. The van der Waals surface area contributed by atoms with Gasteiger partial charge < -0.3 is 9.11 Å². The first-order valence-corrected chi connectivity index (χ1v) is 11.1. The minimum absolute atomic E-state index is 0.317. The van der Waals surface area contributed by atoms with Crippen molar-refractivity contribution in [2.24, 2.45) is 0 Å². The summed E-state index contributed by atoms with van der Waals surface area (Å²) in [5.74, 6) is 0.317. The van der Waals surface area contributed by atoms with Gasteiger partial charge in [-0.25, -0.2) is 9.97 Å². The van der Waals surface area contributed by atoms with Gasteiger partial charge in [-0.05, 0) is 68.1 Å². The van der Waals surface area contributed by atoms with Crippen molar-refractivity contribution < 1.29 is 17.5 Å². The second-order valence-electron chi connectivity index (χ2n) is 7.58. The van der Waals surface area contributed by atoms with Gasteiger partial charge in [0.2, 0.25) is 0 Å². The van der Waals surface area contributed by atoms with Crippen LogP contribution in [-0.2, 0) is 31.7 Å². The van der Waals surface area contributed by atoms with Crippen LogP contribution in [0.15, 0.2) is 49.1 Å². The van der Waals surface area contributed by atoms with E-state index >= 15 is 0 Å². The molecule has 3 aromatic rings. The third-order valence-electron chi connectivity index (χ3n) is 4.79. The van der Waals surface area contributed by atoms with Crippen molar-refractivity contribution in [1.82, 2.24) is 19.9 Å². The zero-order chi connectivity index (χ0) is 22.1. The van der Waals surface area contributed by atoms with E-state index in [4.69, 9.17) is 0 Å². The third-order valence-corrected chi connectivity index (χ3v) is 6.85. The van der Waals surface area contributed by atoms with Crippen molar-refractivity contribution in [3.63, 3.8) is 0 Å². The van der Waals surface area contributed by atoms with Gasteiger partial charge >= 0.3 is 0 Å². The van der Waals surface area contributed by atoms with Crippen LogP contribution in [0.3, 0.4) is 0 Å². The van der Waals surface area contributed by atoms with E-state index in [0.29, 0.717) is 33.9 Å². The summed E-state index contributed by atoms with van der Waals surface area (Å²) in [6, 6.07) is 6.87. The number of rotatable bonds is 6. The molecule has 0 fully saturated rings. The fourth-order valence-corrected chi connectivity index (χ4v) is 3.59. The number of aromatic nitrogens is 4. The first-order valence-electron chi connectivity index (χ1n) is 8.99. The van der Waals surface area contributed by atoms with Crippen LogP contribution < -0.4 is 0 Å². The van der Waals surface area contributed by atoms with Crippen molar-refractivity contribution in [2.45, 2.75) is 37.2 Å². The summed E-state index contributed by atoms with van der Waals surface area (Å²) in [7, 11) is 0. The molecule has 158 valence electrons. The number of hydrogen-bond acceptors (Lipinski definition) is 8. The topological polar surface area (TPSA) is 132 Å². The summed E-state index contributed by atoms with van der Waals surface area (Å²) in [5, 5.41) is 0. The molecule has 8 nitrogen and oxygen atoms in total. The summed E-state index contributed by atoms with van der Waals surface area (Å²) in [6.07, 6.45) is 6.18. The van der Waals surface area contributed by atoms with E-state index in [1.54, 1.807) is 64.4 Å². The van der Waals surface area contributed by atoms with E-state index in [1.165, 1.54) is 12.4 Å². The number of hydrogen-bond donors (Lipinski definition) is 0. The van der Waals surface area contributed by atoms with Crippen molar-refractivity contribution in [1.29, 1.82) is 0 Å². The molecule has 0 radical (unpaired) electrons. The summed E-state index contributed by atoms with van der Waals surface area (Å²) >= 11 is -4.78. The molecule has 0 bridgehead atoms. The van der Waals surface area contributed by atoms with Crippen molar-refractivity contribution in [3.8, 4) is 22.5 Å². The minimum atomic E-state index is -2.40. The van der Waals surface area contributed by atoms with E-state index in [0.717, 1.165) is 0 Å². The number of pyridine rings is 2. The lowest BCUT2D eigenvalue weighted by Crippen LogP contribution is -2.26. The molecule has 0 aliphatic rings. The Morgan fingerprint density at radius 3 is 1.63 bits per heavy atom. The molecule has 0 aliphatic heterocycles. The van der Waals surface area contributed by atoms with Crippen LogP contribution >= 0.6 is 0 Å². The first-order chi connectivity index (χ1) is 14.1. The van der Waals surface area contributed by atoms with Crippen molar-refractivity contribution >= 4 is 22.2 Å². The largest absolute Gasteiger partial charge is 0.772 e. The molecule has 2 unspecified atom stereocenters. The van der Waals surface area contributed by atoms with Crippen LogP contribution in [0.5, 0.6) is 0 Å². The maximum Gasteiger partial charge on any atom is 0.161 e. The standard InChI is InChI=1S/C20H22N4O4S2/c1-19(2,29(25)26)16-14(7-5-9-21-16)13-11-23-18(24-12-13)15-8-6-10-22-17(15)20(3,4)30(27)28/h5-12H,1-4H3,(H,25,26)(H,27,28)/p-2. The average molecular weight is 445 g/mol. The molecule has 0 saturated heterocycles. The van der Waals surface area contributed by atoms with E-state index in [-0.39, 0.29) is 0 Å². The van der Waals surface area contributed by atoms with E-state index in [1.807, 2.05) is 0 Å². The maximum atomic E-state index is 11.7. The molecule has 3 aromatic heterocycles. The zero-order valence-corrected chi connectivity index (χ0v) is 18.5. The van der Waals surface area contributed by atoms with Crippen LogP contribution in [0.25, 0.3) is 22.5 Å². The van der Waals surface area contributed by atoms with Crippen LogP contribution in [0.1, 0.15) is 39.1 Å². The smallest absolute Gasteiger partial charge is 0.161 e. The Hall–Kier alpha value is -2.40. The average Bonchev–Trinajstić information content (AvgIpc) is 2.73. The van der Waals surface area contributed by atoms with E-state index in [2.05, 4.69) is 19.9 Å². The molecular formula is C20H20N4O4S2-2. The van der Waals surface area contributed by atoms with Gasteiger partial charge in [0.05, 0.1) is 20.9 Å². The van der Waals surface area contributed by atoms with Gasteiger partial charge in [0.1, 0.15) is 0 Å². The minimum Gasteiger partial charge on any atom is -0.772 e. The Kier molecular flexibility index (Phi) is 6.23. The second kappa shape index (κ2) is 8.38. The SMILES string of the molecule is CC(C)(c1ncccc1-c1cnc(-c2cccnc2C(C)(C)S(=O)[O-])nc1)S(=O)[O-]. The Morgan fingerprint density at radius 1 is 0.733 bits per heavy atom. The second-order valence-corrected chi connectivity index (χ2v) is 10.6. The lowest BCUT2D eigenvalue weighted by molar-refractivity contribution is 0.496. The van der Waals surface area contributed by atoms with Gasteiger partial charge in [-0.2, -0.15) is 0 Å². The van der Waals surface area contributed by atoms with Gasteiger partial charge in [-0.3, -0.25) is 18.4 Å². The van der Waals surface area contributed by atoms with Crippen LogP contribution in [0.2, 0.25) is 0 Å². The normalized spacial score (nSPS) is 14.3. The summed E-state index contributed by atoms with van der Waals surface area (Å²) in [4.78, 5) is 17.3. The highest BCUT2D eigenvalue weighted by molar-refractivity contribution is 7.80. The fourth-order valence-electron chi connectivity index (χ4n) is 2.95. The van der Waals surface area contributed by atoms with Crippen molar-refractivity contribution in [2.75, 3.05) is 0 Å². The molecule has 0 spiro atoms. The summed E-state index contributed by atoms with van der Waals surface area (Å²) < 4.78 is 44.4. The first kappa shape index (κ1) is 22.3. The predicted molar refractivity (Wildman–Crippen MR) is 112 cm³/mol. The summed E-state index contributed by atoms with van der Waals surface area (Å²) in [5.41, 5.74) is 2.43. The fraction of sp³-hybridized carbons (Fsp3) is 0.300. The lowest BCUT2D eigenvalue weighted by Gasteiger charge is -2.29. The molecule has 10 heteroatoms. The van der Waals surface area contributed by atoms with Gasteiger partial charge in [-0.1, -0.05) is 6.07 Å². The molecule has 3 heterocycles. The monoisotopic (exact) mass is 444 g/mol. The van der Waals surface area contributed by atoms with Gasteiger partial charge in [-0.15, -0.1) is 0 Å². The molecule has 0 aromatic carbocycles. The lowest BCUT2D eigenvalue weighted by atomic mass is 9.98.